The van der Waals surface area contributed by atoms with E-state index in [-0.39, 0.29) is 0 Å². The molecule has 10 heavy (non-hydrogen) atoms. The van der Waals surface area contributed by atoms with Gasteiger partial charge < -0.3 is 4.90 Å². The molecule has 1 nitrogen and oxygen atoms in total. The van der Waals surface area contributed by atoms with Gasteiger partial charge in [0, 0.05) is 16.0 Å². The smallest absolute Gasteiger partial charge is 0.0139 e. The fourth-order valence-corrected chi connectivity index (χ4v) is 3.52. The van der Waals surface area contributed by atoms with Gasteiger partial charge in [0.2, 0.25) is 0 Å². The summed E-state index contributed by atoms with van der Waals surface area (Å²) in [7, 11) is 2.30. The molecule has 2 saturated heterocycles. The van der Waals surface area contributed by atoms with Gasteiger partial charge in [-0.15, -0.1) is 0 Å². The van der Waals surface area contributed by atoms with Crippen molar-refractivity contribution >= 4 is 22.6 Å². The maximum absolute atomic E-state index is 2.61. The number of hydrogen-bond acceptors (Lipinski definition) is 1. The van der Waals surface area contributed by atoms with Gasteiger partial charge in [0.15, 0.2) is 0 Å². The second-order valence-electron chi connectivity index (χ2n) is 3.62. The average molecular weight is 251 g/mol. The zero-order chi connectivity index (χ0) is 7.14. The first-order chi connectivity index (χ1) is 4.77. The van der Waals surface area contributed by atoms with Gasteiger partial charge in [-0.25, -0.2) is 0 Å². The van der Waals surface area contributed by atoms with Crippen LogP contribution in [0.15, 0.2) is 0 Å². The Hall–Kier alpha value is 0.690. The van der Waals surface area contributed by atoms with E-state index in [2.05, 4.69) is 34.5 Å². The fraction of sp³-hybridized carbons (Fsp3) is 1.00. The highest BCUT2D eigenvalue weighted by Crippen LogP contribution is 2.37. The third kappa shape index (κ3) is 1.09. The molecule has 2 unspecified atom stereocenters. The lowest BCUT2D eigenvalue weighted by Gasteiger charge is -2.33. The van der Waals surface area contributed by atoms with Crippen molar-refractivity contribution in [2.45, 2.75) is 41.7 Å². The van der Waals surface area contributed by atoms with Crippen LogP contribution in [0.4, 0.5) is 0 Å². The second kappa shape index (κ2) is 2.63. The third-order valence-electron chi connectivity index (χ3n) is 3.04. The first-order valence-corrected chi connectivity index (χ1v) is 5.38. The number of rotatable bonds is 0. The summed E-state index contributed by atoms with van der Waals surface area (Å²) in [5, 5.41) is 0. The minimum absolute atomic E-state index is 0.931. The number of halogens is 1. The van der Waals surface area contributed by atoms with E-state index >= 15 is 0 Å². The van der Waals surface area contributed by atoms with Gasteiger partial charge in [0.25, 0.3) is 0 Å². The van der Waals surface area contributed by atoms with Crippen molar-refractivity contribution in [3.63, 3.8) is 0 Å². The zero-order valence-corrected chi connectivity index (χ0v) is 8.54. The molecule has 2 fully saturated rings. The predicted octanol–water partition coefficient (Wildman–Crippen LogP) is 2.05. The normalized spacial score (nSPS) is 48.0. The predicted molar refractivity (Wildman–Crippen MR) is 51.6 cm³/mol. The van der Waals surface area contributed by atoms with Crippen LogP contribution in [0.5, 0.6) is 0 Å². The fourth-order valence-electron chi connectivity index (χ4n) is 2.35. The highest BCUT2D eigenvalue weighted by molar-refractivity contribution is 14.1. The van der Waals surface area contributed by atoms with Gasteiger partial charge in [0.05, 0.1) is 0 Å². The number of hydrogen-bond donors (Lipinski definition) is 0. The van der Waals surface area contributed by atoms with Crippen molar-refractivity contribution in [1.82, 2.24) is 4.90 Å². The van der Waals surface area contributed by atoms with Gasteiger partial charge in [-0.05, 0) is 32.7 Å². The van der Waals surface area contributed by atoms with Crippen molar-refractivity contribution in [3.05, 3.63) is 0 Å². The van der Waals surface area contributed by atoms with Crippen LogP contribution < -0.4 is 0 Å². The van der Waals surface area contributed by atoms with Gasteiger partial charge in [-0.2, -0.15) is 0 Å². The quantitative estimate of drug-likeness (QED) is 0.470. The van der Waals surface area contributed by atoms with E-state index in [1.54, 1.807) is 0 Å². The molecule has 2 heterocycles. The second-order valence-corrected chi connectivity index (χ2v) is 5.38. The molecule has 2 atom stereocenters. The van der Waals surface area contributed by atoms with Crippen LogP contribution in [0, 0.1) is 0 Å². The van der Waals surface area contributed by atoms with Crippen LogP contribution in [0.3, 0.4) is 0 Å². The van der Waals surface area contributed by atoms with E-state index in [0.29, 0.717) is 0 Å². The number of alkyl halides is 1. The lowest BCUT2D eigenvalue weighted by atomic mass is 10.0. The Bertz CT molecular complexity index is 123. The molecular formula is C8H14IN. The Labute approximate surface area is 76.3 Å². The van der Waals surface area contributed by atoms with Gasteiger partial charge >= 0.3 is 0 Å². The average Bonchev–Trinajstić information content (AvgIpc) is 2.20. The van der Waals surface area contributed by atoms with E-state index in [9.17, 15) is 0 Å². The molecular weight excluding hydrogens is 237 g/mol. The molecule has 0 aromatic rings. The monoisotopic (exact) mass is 251 g/mol. The Kier molecular flexibility index (Phi) is 1.93. The minimum atomic E-state index is 0.931. The minimum Gasteiger partial charge on any atom is -0.300 e. The van der Waals surface area contributed by atoms with Crippen molar-refractivity contribution in [2.24, 2.45) is 0 Å². The molecule has 0 aromatic heterocycles. The first-order valence-electron chi connectivity index (χ1n) is 4.13. The summed E-state index contributed by atoms with van der Waals surface area (Å²) >= 11 is 2.61. The molecule has 2 heteroatoms. The lowest BCUT2D eigenvalue weighted by molar-refractivity contribution is 0.186. The summed E-state index contributed by atoms with van der Waals surface area (Å²) in [4.78, 5) is 2.59. The molecule has 2 rings (SSSR count). The lowest BCUT2D eigenvalue weighted by Crippen LogP contribution is -2.40. The summed E-state index contributed by atoms with van der Waals surface area (Å²) in [6.45, 7) is 0. The summed E-state index contributed by atoms with van der Waals surface area (Å²) in [6, 6.07) is 1.86. The van der Waals surface area contributed by atoms with Gasteiger partial charge in [0.1, 0.15) is 0 Å². The Balaban J connectivity index is 2.09. The molecule has 2 bridgehead atoms. The number of nitrogens with zero attached hydrogens (tertiary/aromatic N) is 1. The third-order valence-corrected chi connectivity index (χ3v) is 4.06. The molecule has 2 aliphatic heterocycles. The van der Waals surface area contributed by atoms with Crippen LogP contribution in [0.25, 0.3) is 0 Å². The Morgan fingerprint density at radius 1 is 1.20 bits per heavy atom. The summed E-state index contributed by atoms with van der Waals surface area (Å²) in [6.07, 6.45) is 5.79. The van der Waals surface area contributed by atoms with E-state index < -0.39 is 0 Å². The van der Waals surface area contributed by atoms with E-state index in [1.165, 1.54) is 25.7 Å². The first kappa shape index (κ1) is 7.35. The van der Waals surface area contributed by atoms with Crippen LogP contribution in [0.1, 0.15) is 25.7 Å². The molecule has 0 radical (unpaired) electrons. The van der Waals surface area contributed by atoms with Crippen LogP contribution in [-0.4, -0.2) is 28.0 Å². The van der Waals surface area contributed by atoms with E-state index in [0.717, 1.165) is 16.0 Å². The maximum Gasteiger partial charge on any atom is 0.0139 e. The molecule has 0 N–H and O–H groups in total. The van der Waals surface area contributed by atoms with Crippen molar-refractivity contribution in [2.75, 3.05) is 7.05 Å². The maximum atomic E-state index is 2.61. The van der Waals surface area contributed by atoms with E-state index in [1.807, 2.05) is 0 Å². The zero-order valence-electron chi connectivity index (χ0n) is 6.39. The molecule has 0 spiro atoms. The molecule has 0 amide bonds. The van der Waals surface area contributed by atoms with Crippen LogP contribution in [0.2, 0.25) is 0 Å². The van der Waals surface area contributed by atoms with E-state index in [4.69, 9.17) is 0 Å². The molecule has 58 valence electrons. The molecule has 0 aliphatic carbocycles. The SMILES string of the molecule is CN1C2CCC1CC(I)C2. The van der Waals surface area contributed by atoms with Gasteiger partial charge in [-0.1, -0.05) is 22.6 Å². The summed E-state index contributed by atoms with van der Waals surface area (Å²) < 4.78 is 0.964. The molecule has 0 aromatic carbocycles. The van der Waals surface area contributed by atoms with Crippen molar-refractivity contribution in [3.8, 4) is 0 Å². The standard InChI is InChI=1S/C8H14IN/c1-10-7-2-3-8(10)5-6(9)4-7/h6-8H,2-5H2,1H3. The Morgan fingerprint density at radius 2 is 1.70 bits per heavy atom. The van der Waals surface area contributed by atoms with Crippen molar-refractivity contribution in [1.29, 1.82) is 0 Å². The highest BCUT2D eigenvalue weighted by atomic mass is 127. The number of piperidine rings is 1. The number of fused-ring (bicyclic) bond motifs is 2. The van der Waals surface area contributed by atoms with Crippen molar-refractivity contribution < 1.29 is 0 Å². The van der Waals surface area contributed by atoms with Gasteiger partial charge in [-0.3, -0.25) is 0 Å². The molecule has 0 saturated carbocycles. The largest absolute Gasteiger partial charge is 0.300 e. The van der Waals surface area contributed by atoms with Crippen LogP contribution >= 0.6 is 22.6 Å². The summed E-state index contributed by atoms with van der Waals surface area (Å²) in [5.41, 5.74) is 0. The van der Waals surface area contributed by atoms with Crippen LogP contribution in [-0.2, 0) is 0 Å². The Morgan fingerprint density at radius 3 is 2.20 bits per heavy atom. The highest BCUT2D eigenvalue weighted by Gasteiger charge is 2.37. The topological polar surface area (TPSA) is 3.24 Å². The molecule has 2 aliphatic rings. The summed E-state index contributed by atoms with van der Waals surface area (Å²) in [5.74, 6) is 0.